The zero-order valence-corrected chi connectivity index (χ0v) is 20.1. The number of rotatable bonds is 7. The lowest BCUT2D eigenvalue weighted by atomic mass is 9.57. The largest absolute Gasteiger partial charge is 0.508 e. The van der Waals surface area contributed by atoms with Crippen LogP contribution < -0.4 is 0 Å². The van der Waals surface area contributed by atoms with E-state index in [1.807, 2.05) is 12.1 Å². The normalized spacial score (nSPS) is 33.7. The van der Waals surface area contributed by atoms with Gasteiger partial charge in [0.25, 0.3) is 0 Å². The minimum atomic E-state index is -0.175. The van der Waals surface area contributed by atoms with Gasteiger partial charge in [0.1, 0.15) is 5.75 Å². The fraction of sp³-hybridized carbons (Fsp3) is 0.714. The van der Waals surface area contributed by atoms with E-state index in [1.54, 1.807) is 6.07 Å². The molecule has 0 bridgehead atoms. The highest BCUT2D eigenvalue weighted by Gasteiger charge is 2.54. The van der Waals surface area contributed by atoms with Crippen LogP contribution in [0.15, 0.2) is 30.4 Å². The molecule has 7 atom stereocenters. The molecule has 0 saturated heterocycles. The summed E-state index contributed by atoms with van der Waals surface area (Å²) in [6, 6.07) is 5.68. The number of phenols is 1. The highest BCUT2D eigenvalue weighted by Crippen LogP contribution is 2.60. The zero-order valence-electron chi connectivity index (χ0n) is 20.1. The van der Waals surface area contributed by atoms with Crippen molar-refractivity contribution in [3.63, 3.8) is 0 Å². The average molecular weight is 413 g/mol. The third kappa shape index (κ3) is 4.79. The van der Waals surface area contributed by atoms with E-state index in [-0.39, 0.29) is 6.10 Å². The lowest BCUT2D eigenvalue weighted by Gasteiger charge is -2.48. The van der Waals surface area contributed by atoms with Gasteiger partial charge in [-0.3, -0.25) is 0 Å². The van der Waals surface area contributed by atoms with E-state index >= 15 is 0 Å². The van der Waals surface area contributed by atoms with Crippen LogP contribution in [0.5, 0.6) is 5.75 Å². The second kappa shape index (κ2) is 9.47. The van der Waals surface area contributed by atoms with Crippen LogP contribution in [-0.2, 0) is 6.42 Å². The van der Waals surface area contributed by atoms with Crippen LogP contribution >= 0.6 is 0 Å². The molecule has 0 amide bonds. The molecule has 0 heterocycles. The zero-order chi connectivity index (χ0) is 22.1. The van der Waals surface area contributed by atoms with Gasteiger partial charge in [0, 0.05) is 0 Å². The molecule has 0 aromatic heterocycles. The highest BCUT2D eigenvalue weighted by molar-refractivity contribution is 5.34. The molecule has 2 heteroatoms. The smallest absolute Gasteiger partial charge is 0.115 e. The SMILES string of the molecule is Cc1ccc(O)cc1CC[C@@H]1[C@H](O)CC[C@]2(C)[C@@H]([C@H](C)/C=C/C(C)C(C)C)CC[C@@H]12. The topological polar surface area (TPSA) is 40.5 Å². The monoisotopic (exact) mass is 412 g/mol. The Hall–Kier alpha value is -1.28. The minimum Gasteiger partial charge on any atom is -0.508 e. The van der Waals surface area contributed by atoms with Crippen molar-refractivity contribution in [2.24, 2.45) is 40.9 Å². The van der Waals surface area contributed by atoms with Crippen molar-refractivity contribution in [1.29, 1.82) is 0 Å². The van der Waals surface area contributed by atoms with Gasteiger partial charge in [-0.2, -0.15) is 0 Å². The van der Waals surface area contributed by atoms with Crippen molar-refractivity contribution >= 4 is 0 Å². The van der Waals surface area contributed by atoms with Gasteiger partial charge in [0.05, 0.1) is 6.10 Å². The Morgan fingerprint density at radius 1 is 1.10 bits per heavy atom. The molecular formula is C28H44O2. The first-order valence-corrected chi connectivity index (χ1v) is 12.3. The van der Waals surface area contributed by atoms with Crippen LogP contribution in [-0.4, -0.2) is 16.3 Å². The van der Waals surface area contributed by atoms with Crippen LogP contribution in [0.25, 0.3) is 0 Å². The number of phenolic OH excluding ortho intramolecular Hbond substituents is 1. The lowest BCUT2D eigenvalue weighted by molar-refractivity contribution is -0.0493. The quantitative estimate of drug-likeness (QED) is 0.477. The summed E-state index contributed by atoms with van der Waals surface area (Å²) in [4.78, 5) is 0. The number of aliphatic hydroxyl groups excluding tert-OH is 1. The van der Waals surface area contributed by atoms with E-state index in [4.69, 9.17) is 0 Å². The Labute approximate surface area is 184 Å². The fourth-order valence-corrected chi connectivity index (χ4v) is 6.52. The predicted molar refractivity (Wildman–Crippen MR) is 127 cm³/mol. The first kappa shape index (κ1) is 23.4. The van der Waals surface area contributed by atoms with Crippen molar-refractivity contribution in [3.05, 3.63) is 41.5 Å². The van der Waals surface area contributed by atoms with Gasteiger partial charge in [0.2, 0.25) is 0 Å². The maximum absolute atomic E-state index is 10.9. The van der Waals surface area contributed by atoms with E-state index < -0.39 is 0 Å². The summed E-state index contributed by atoms with van der Waals surface area (Å²) in [6.45, 7) is 14.0. The molecule has 1 aromatic rings. The van der Waals surface area contributed by atoms with Gasteiger partial charge >= 0.3 is 0 Å². The number of hydrogen-bond acceptors (Lipinski definition) is 2. The molecule has 2 N–H and O–H groups in total. The average Bonchev–Trinajstić information content (AvgIpc) is 3.05. The molecule has 3 rings (SSSR count). The fourth-order valence-electron chi connectivity index (χ4n) is 6.52. The van der Waals surface area contributed by atoms with Gasteiger partial charge in [-0.25, -0.2) is 0 Å². The number of allylic oxidation sites excluding steroid dienone is 2. The Bertz CT molecular complexity index is 736. The predicted octanol–water partition coefficient (Wildman–Crippen LogP) is 6.92. The molecule has 0 aliphatic heterocycles. The van der Waals surface area contributed by atoms with Crippen LogP contribution in [0.4, 0.5) is 0 Å². The van der Waals surface area contributed by atoms with Gasteiger partial charge in [0.15, 0.2) is 0 Å². The molecule has 30 heavy (non-hydrogen) atoms. The molecule has 1 aromatic carbocycles. The Kier molecular flexibility index (Phi) is 7.38. The van der Waals surface area contributed by atoms with Gasteiger partial charge in [-0.15, -0.1) is 0 Å². The van der Waals surface area contributed by atoms with Crippen LogP contribution in [0, 0.1) is 47.8 Å². The molecule has 168 valence electrons. The Morgan fingerprint density at radius 3 is 2.53 bits per heavy atom. The standard InChI is InChI=1S/C28H44O2/c1-18(2)19(3)7-8-21(5)25-13-14-26-24(27(30)15-16-28(25,26)6)12-10-22-17-23(29)11-9-20(22)4/h7-9,11,17-19,21,24-27,29-30H,10,12-16H2,1-6H3/b8-7+/t19?,21-,24+,25-,26+,27-,28-/m1/s1. The molecule has 2 fully saturated rings. The third-order valence-electron chi connectivity index (χ3n) is 8.96. The van der Waals surface area contributed by atoms with E-state index in [1.165, 1.54) is 24.0 Å². The summed E-state index contributed by atoms with van der Waals surface area (Å²) in [7, 11) is 0. The summed E-state index contributed by atoms with van der Waals surface area (Å²) in [5.41, 5.74) is 2.80. The minimum absolute atomic E-state index is 0.175. The van der Waals surface area contributed by atoms with Gasteiger partial charge in [-0.1, -0.05) is 52.8 Å². The van der Waals surface area contributed by atoms with E-state index in [9.17, 15) is 10.2 Å². The van der Waals surface area contributed by atoms with Crippen molar-refractivity contribution in [3.8, 4) is 5.75 Å². The molecule has 0 radical (unpaired) electrons. The Balaban J connectivity index is 1.72. The molecule has 2 aliphatic carbocycles. The van der Waals surface area contributed by atoms with Crippen molar-refractivity contribution < 1.29 is 10.2 Å². The molecular weight excluding hydrogens is 368 g/mol. The molecule has 1 unspecified atom stereocenters. The Morgan fingerprint density at radius 2 is 1.83 bits per heavy atom. The first-order chi connectivity index (χ1) is 14.1. The highest BCUT2D eigenvalue weighted by atomic mass is 16.3. The molecule has 2 nitrogen and oxygen atoms in total. The maximum Gasteiger partial charge on any atom is 0.115 e. The lowest BCUT2D eigenvalue weighted by Crippen LogP contribution is -2.45. The molecule has 2 aliphatic rings. The van der Waals surface area contributed by atoms with E-state index in [0.717, 1.165) is 31.6 Å². The van der Waals surface area contributed by atoms with E-state index in [2.05, 4.69) is 53.7 Å². The second-order valence-electron chi connectivity index (χ2n) is 11.1. The van der Waals surface area contributed by atoms with Crippen LogP contribution in [0.2, 0.25) is 0 Å². The number of aromatic hydroxyl groups is 1. The second-order valence-corrected chi connectivity index (χ2v) is 11.1. The summed E-state index contributed by atoms with van der Waals surface area (Å²) < 4.78 is 0. The molecule has 2 saturated carbocycles. The summed E-state index contributed by atoms with van der Waals surface area (Å²) in [6.07, 6.45) is 11.3. The number of aliphatic hydroxyl groups is 1. The number of hydrogen-bond donors (Lipinski definition) is 2. The first-order valence-electron chi connectivity index (χ1n) is 12.3. The molecule has 0 spiro atoms. The van der Waals surface area contributed by atoms with Crippen molar-refractivity contribution in [2.75, 3.05) is 0 Å². The summed E-state index contributed by atoms with van der Waals surface area (Å²) >= 11 is 0. The summed E-state index contributed by atoms with van der Waals surface area (Å²) in [5.74, 6) is 3.98. The van der Waals surface area contributed by atoms with E-state index in [0.29, 0.717) is 40.8 Å². The number of fused-ring (bicyclic) bond motifs is 1. The maximum atomic E-state index is 10.9. The van der Waals surface area contributed by atoms with Gasteiger partial charge in [-0.05, 0) is 110 Å². The number of benzene rings is 1. The third-order valence-corrected chi connectivity index (χ3v) is 8.96. The van der Waals surface area contributed by atoms with Crippen molar-refractivity contribution in [1.82, 2.24) is 0 Å². The van der Waals surface area contributed by atoms with Crippen molar-refractivity contribution in [2.45, 2.75) is 86.2 Å². The van der Waals surface area contributed by atoms with Crippen LogP contribution in [0.1, 0.15) is 77.8 Å². The summed E-state index contributed by atoms with van der Waals surface area (Å²) in [5, 5.41) is 20.8. The number of aryl methyl sites for hydroxylation is 2. The van der Waals surface area contributed by atoms with Crippen LogP contribution in [0.3, 0.4) is 0 Å². The van der Waals surface area contributed by atoms with Gasteiger partial charge < -0.3 is 10.2 Å².